The predicted octanol–water partition coefficient (Wildman–Crippen LogP) is 3.10. The second-order valence-corrected chi connectivity index (χ2v) is 7.14. The number of rotatable bonds is 2. The van der Waals surface area contributed by atoms with E-state index in [4.69, 9.17) is 4.74 Å². The number of halogens is 1. The zero-order valence-electron chi connectivity index (χ0n) is 11.3. The smallest absolute Gasteiger partial charge is 0.101 e. The maximum atomic E-state index is 10.9. The molecule has 1 aromatic heterocycles. The zero-order valence-corrected chi connectivity index (χ0v) is 12.9. The van der Waals surface area contributed by atoms with Gasteiger partial charge in [0.25, 0.3) is 0 Å². The molecule has 1 aliphatic rings. The first-order chi connectivity index (χ1) is 8.14. The van der Waals surface area contributed by atoms with Crippen molar-refractivity contribution in [1.29, 1.82) is 0 Å². The molecule has 1 aliphatic heterocycles. The summed E-state index contributed by atoms with van der Waals surface area (Å²) in [5.41, 5.74) is -0.856. The average molecular weight is 314 g/mol. The highest BCUT2D eigenvalue weighted by molar-refractivity contribution is 9.10. The first-order valence-electron chi connectivity index (χ1n) is 6.17. The summed E-state index contributed by atoms with van der Waals surface area (Å²) in [5, 5.41) is 10.9. The number of nitrogens with zero attached hydrogens (tertiary/aromatic N) is 1. The molecule has 0 bridgehead atoms. The fourth-order valence-electron chi connectivity index (χ4n) is 2.82. The fourth-order valence-corrected chi connectivity index (χ4v) is 3.06. The van der Waals surface area contributed by atoms with Gasteiger partial charge < -0.3 is 9.84 Å². The van der Waals surface area contributed by atoms with Crippen LogP contribution in [-0.4, -0.2) is 26.9 Å². The van der Waals surface area contributed by atoms with Gasteiger partial charge >= 0.3 is 0 Å². The maximum Gasteiger partial charge on any atom is 0.101 e. The van der Waals surface area contributed by atoms with Crippen molar-refractivity contribution < 1.29 is 9.84 Å². The molecule has 18 heavy (non-hydrogen) atoms. The molecule has 0 saturated carbocycles. The van der Waals surface area contributed by atoms with Gasteiger partial charge in [-0.15, -0.1) is 0 Å². The highest BCUT2D eigenvalue weighted by atomic mass is 79.9. The van der Waals surface area contributed by atoms with E-state index in [9.17, 15) is 5.11 Å². The number of aliphatic hydroxyl groups is 1. The molecular formula is C14H20BrNO2. The van der Waals surface area contributed by atoms with Crippen LogP contribution in [0.25, 0.3) is 0 Å². The molecule has 2 rings (SSSR count). The summed E-state index contributed by atoms with van der Waals surface area (Å²) in [6, 6.07) is 3.88. The van der Waals surface area contributed by atoms with Crippen LogP contribution in [-0.2, 0) is 11.2 Å². The molecule has 0 spiro atoms. The van der Waals surface area contributed by atoms with Crippen molar-refractivity contribution >= 4 is 15.9 Å². The van der Waals surface area contributed by atoms with Gasteiger partial charge in [0.05, 0.1) is 11.2 Å². The Kier molecular flexibility index (Phi) is 3.33. The minimum Gasteiger partial charge on any atom is -0.386 e. The summed E-state index contributed by atoms with van der Waals surface area (Å²) in [4.78, 5) is 4.34. The van der Waals surface area contributed by atoms with E-state index in [1.165, 1.54) is 0 Å². The third kappa shape index (κ3) is 2.60. The average Bonchev–Trinajstić information content (AvgIpc) is 2.34. The van der Waals surface area contributed by atoms with Crippen LogP contribution in [0.5, 0.6) is 0 Å². The lowest BCUT2D eigenvalue weighted by Gasteiger charge is -2.34. The molecule has 4 heteroatoms. The monoisotopic (exact) mass is 313 g/mol. The molecule has 1 unspecified atom stereocenters. The second kappa shape index (κ2) is 4.29. The third-order valence-electron chi connectivity index (χ3n) is 3.63. The summed E-state index contributed by atoms with van der Waals surface area (Å²) >= 11 is 3.36. The van der Waals surface area contributed by atoms with Crippen molar-refractivity contribution in [2.24, 2.45) is 0 Å². The van der Waals surface area contributed by atoms with Gasteiger partial charge in [0.15, 0.2) is 0 Å². The number of hydrogen-bond donors (Lipinski definition) is 1. The molecule has 0 aromatic carbocycles. The Morgan fingerprint density at radius 3 is 2.44 bits per heavy atom. The van der Waals surface area contributed by atoms with E-state index < -0.39 is 11.2 Å². The van der Waals surface area contributed by atoms with E-state index in [1.807, 2.05) is 39.8 Å². The number of hydrogen-bond acceptors (Lipinski definition) is 3. The zero-order chi connectivity index (χ0) is 13.6. The van der Waals surface area contributed by atoms with Crippen molar-refractivity contribution in [1.82, 2.24) is 4.98 Å². The molecule has 1 fully saturated rings. The van der Waals surface area contributed by atoms with Gasteiger partial charge in [0, 0.05) is 29.2 Å². The van der Waals surface area contributed by atoms with Crippen LogP contribution in [0.4, 0.5) is 0 Å². The summed E-state index contributed by atoms with van der Waals surface area (Å²) < 4.78 is 6.91. The van der Waals surface area contributed by atoms with Crippen LogP contribution in [0.1, 0.15) is 39.8 Å². The lowest BCUT2D eigenvalue weighted by molar-refractivity contribution is -0.126. The Labute approximate surface area is 117 Å². The van der Waals surface area contributed by atoms with E-state index in [2.05, 4.69) is 20.9 Å². The first kappa shape index (κ1) is 14.0. The quantitative estimate of drug-likeness (QED) is 0.912. The maximum absolute atomic E-state index is 10.9. The van der Waals surface area contributed by atoms with Gasteiger partial charge in [-0.05, 0) is 55.8 Å². The summed E-state index contributed by atoms with van der Waals surface area (Å²) in [6.45, 7) is 7.92. The lowest BCUT2D eigenvalue weighted by atomic mass is 9.79. The highest BCUT2D eigenvalue weighted by Gasteiger charge is 2.56. The molecule has 3 nitrogen and oxygen atoms in total. The topological polar surface area (TPSA) is 42.4 Å². The van der Waals surface area contributed by atoms with Crippen LogP contribution in [0.3, 0.4) is 0 Å². The van der Waals surface area contributed by atoms with Crippen LogP contribution < -0.4 is 0 Å². The Morgan fingerprint density at radius 1 is 1.33 bits per heavy atom. The summed E-state index contributed by atoms with van der Waals surface area (Å²) in [5.74, 6) is 0. The van der Waals surface area contributed by atoms with E-state index in [0.29, 0.717) is 12.8 Å². The second-order valence-electron chi connectivity index (χ2n) is 6.22. The van der Waals surface area contributed by atoms with Crippen molar-refractivity contribution in [2.75, 3.05) is 0 Å². The molecule has 2 heterocycles. The van der Waals surface area contributed by atoms with Gasteiger partial charge in [-0.1, -0.05) is 0 Å². The molecular weight excluding hydrogens is 294 g/mol. The molecule has 0 amide bonds. The normalized spacial score (nSPS) is 29.4. The van der Waals surface area contributed by atoms with E-state index >= 15 is 0 Å². The lowest BCUT2D eigenvalue weighted by Crippen LogP contribution is -2.48. The molecule has 0 aliphatic carbocycles. The standard InChI is InChI=1S/C14H20BrNO2/c1-12(2)9-14(17,13(3,4)18-12)7-11-6-5-10(15)8-16-11/h5-6,8,17H,7,9H2,1-4H3. The Hall–Kier alpha value is -0.450. The third-order valence-corrected chi connectivity index (χ3v) is 4.10. The highest BCUT2D eigenvalue weighted by Crippen LogP contribution is 2.46. The minimum atomic E-state index is -0.878. The van der Waals surface area contributed by atoms with Gasteiger partial charge in [-0.3, -0.25) is 4.98 Å². The number of aromatic nitrogens is 1. The SMILES string of the molecule is CC1(C)CC(O)(Cc2ccc(Br)cn2)C(C)(C)O1. The van der Waals surface area contributed by atoms with Gasteiger partial charge in [0.2, 0.25) is 0 Å². The molecule has 1 N–H and O–H groups in total. The van der Waals surface area contributed by atoms with Gasteiger partial charge in [0.1, 0.15) is 5.60 Å². The minimum absolute atomic E-state index is 0.298. The Balaban J connectivity index is 2.24. The van der Waals surface area contributed by atoms with Crippen molar-refractivity contribution in [2.45, 2.75) is 57.3 Å². The van der Waals surface area contributed by atoms with Crippen molar-refractivity contribution in [3.05, 3.63) is 28.5 Å². The molecule has 1 atom stereocenters. The van der Waals surface area contributed by atoms with Crippen LogP contribution >= 0.6 is 15.9 Å². The number of pyridine rings is 1. The van der Waals surface area contributed by atoms with E-state index in [0.717, 1.165) is 10.2 Å². The summed E-state index contributed by atoms with van der Waals surface area (Å²) in [7, 11) is 0. The van der Waals surface area contributed by atoms with Gasteiger partial charge in [-0.25, -0.2) is 0 Å². The van der Waals surface area contributed by atoms with Crippen molar-refractivity contribution in [3.63, 3.8) is 0 Å². The van der Waals surface area contributed by atoms with E-state index in [-0.39, 0.29) is 5.60 Å². The van der Waals surface area contributed by atoms with E-state index in [1.54, 1.807) is 6.20 Å². The summed E-state index contributed by atoms with van der Waals surface area (Å²) in [6.07, 6.45) is 2.88. The predicted molar refractivity (Wildman–Crippen MR) is 74.5 cm³/mol. The molecule has 0 radical (unpaired) electrons. The molecule has 1 aromatic rings. The molecule has 1 saturated heterocycles. The van der Waals surface area contributed by atoms with Crippen LogP contribution in [0.2, 0.25) is 0 Å². The first-order valence-corrected chi connectivity index (χ1v) is 6.96. The molecule has 100 valence electrons. The Bertz CT molecular complexity index is 442. The van der Waals surface area contributed by atoms with Crippen molar-refractivity contribution in [3.8, 4) is 0 Å². The fraction of sp³-hybridized carbons (Fsp3) is 0.643. The van der Waals surface area contributed by atoms with Gasteiger partial charge in [-0.2, -0.15) is 0 Å². The van der Waals surface area contributed by atoms with Crippen LogP contribution in [0.15, 0.2) is 22.8 Å². The largest absolute Gasteiger partial charge is 0.386 e. The number of ether oxygens (including phenoxy) is 1. The Morgan fingerprint density at radius 2 is 2.00 bits per heavy atom. The van der Waals surface area contributed by atoms with Crippen LogP contribution in [0, 0.1) is 0 Å².